The van der Waals surface area contributed by atoms with E-state index >= 15 is 0 Å². The molecule has 6 heteroatoms. The number of carbonyl (C=O) groups is 2. The molecule has 3 heterocycles. The van der Waals surface area contributed by atoms with Crippen molar-refractivity contribution in [3.05, 3.63) is 47.8 Å². The molecule has 0 bridgehead atoms. The van der Waals surface area contributed by atoms with Crippen LogP contribution in [0.1, 0.15) is 35.3 Å². The van der Waals surface area contributed by atoms with Gasteiger partial charge < -0.3 is 9.80 Å². The first kappa shape index (κ1) is 14.7. The molecule has 1 aromatic heterocycles. The number of aromatic nitrogens is 2. The predicted octanol–water partition coefficient (Wildman–Crippen LogP) is 1.84. The van der Waals surface area contributed by atoms with Crippen molar-refractivity contribution in [2.24, 2.45) is 5.92 Å². The van der Waals surface area contributed by atoms with Crippen LogP contribution in [0.15, 0.2) is 36.5 Å². The van der Waals surface area contributed by atoms with Crippen molar-refractivity contribution in [3.63, 3.8) is 0 Å². The fraction of sp³-hybridized carbons (Fsp3) is 0.421. The molecule has 1 aliphatic carbocycles. The van der Waals surface area contributed by atoms with Gasteiger partial charge in [0.15, 0.2) is 0 Å². The molecule has 2 amide bonds. The molecule has 128 valence electrons. The Morgan fingerprint density at radius 1 is 1.16 bits per heavy atom. The molecule has 1 saturated heterocycles. The number of fused-ring (bicyclic) bond motifs is 1. The Labute approximate surface area is 146 Å². The number of hydrogen-bond donors (Lipinski definition) is 0. The first-order chi connectivity index (χ1) is 12.2. The monoisotopic (exact) mass is 336 g/mol. The summed E-state index contributed by atoms with van der Waals surface area (Å²) >= 11 is 0. The van der Waals surface area contributed by atoms with E-state index in [1.165, 1.54) is 12.8 Å². The highest BCUT2D eigenvalue weighted by atomic mass is 16.2. The number of rotatable bonds is 4. The number of para-hydroxylation sites is 1. The zero-order chi connectivity index (χ0) is 17.0. The van der Waals surface area contributed by atoms with Crippen LogP contribution in [0.4, 0.5) is 0 Å². The number of benzene rings is 1. The van der Waals surface area contributed by atoms with Gasteiger partial charge in [0, 0.05) is 12.6 Å². The van der Waals surface area contributed by atoms with Crippen molar-refractivity contribution in [2.45, 2.75) is 31.8 Å². The summed E-state index contributed by atoms with van der Waals surface area (Å²) in [6.45, 7) is 1.45. The zero-order valence-electron chi connectivity index (χ0n) is 14.0. The summed E-state index contributed by atoms with van der Waals surface area (Å²) in [6.07, 6.45) is 5.23. The quantitative estimate of drug-likeness (QED) is 0.856. The molecule has 2 aliphatic heterocycles. The van der Waals surface area contributed by atoms with Crippen LogP contribution in [0.3, 0.4) is 0 Å². The van der Waals surface area contributed by atoms with E-state index in [1.807, 2.05) is 35.2 Å². The maximum absolute atomic E-state index is 12.6. The minimum absolute atomic E-state index is 0.0841. The highest BCUT2D eigenvalue weighted by Gasteiger charge is 2.43. The number of hydrogen-bond acceptors (Lipinski definition) is 3. The molecule has 1 saturated carbocycles. The van der Waals surface area contributed by atoms with Crippen molar-refractivity contribution < 1.29 is 9.59 Å². The molecular formula is C19H20N4O2. The molecule has 6 nitrogen and oxygen atoms in total. The van der Waals surface area contributed by atoms with Gasteiger partial charge >= 0.3 is 0 Å². The summed E-state index contributed by atoms with van der Waals surface area (Å²) in [7, 11) is 0. The van der Waals surface area contributed by atoms with Crippen LogP contribution < -0.4 is 0 Å². The minimum Gasteiger partial charge on any atom is -0.338 e. The van der Waals surface area contributed by atoms with E-state index < -0.39 is 0 Å². The van der Waals surface area contributed by atoms with Gasteiger partial charge in [0.1, 0.15) is 6.54 Å². The maximum atomic E-state index is 12.6. The van der Waals surface area contributed by atoms with E-state index in [1.54, 1.807) is 15.8 Å². The molecular weight excluding hydrogens is 316 g/mol. The number of amides is 2. The van der Waals surface area contributed by atoms with Crippen LogP contribution in [-0.2, 0) is 11.3 Å². The summed E-state index contributed by atoms with van der Waals surface area (Å²) in [5.41, 5.74) is 2.41. The fourth-order valence-electron chi connectivity index (χ4n) is 3.99. The highest BCUT2D eigenvalue weighted by molar-refractivity contribution is 5.99. The van der Waals surface area contributed by atoms with Gasteiger partial charge in [0.2, 0.25) is 5.91 Å². The molecule has 0 unspecified atom stereocenters. The Bertz CT molecular complexity index is 840. The average Bonchev–Trinajstić information content (AvgIpc) is 3.24. The lowest BCUT2D eigenvalue weighted by atomic mass is 9.98. The van der Waals surface area contributed by atoms with E-state index in [0.717, 1.165) is 24.3 Å². The van der Waals surface area contributed by atoms with Gasteiger partial charge in [-0.05, 0) is 37.3 Å². The van der Waals surface area contributed by atoms with Crippen LogP contribution in [0, 0.1) is 5.92 Å². The van der Waals surface area contributed by atoms with Gasteiger partial charge in [0.05, 0.1) is 29.7 Å². The summed E-state index contributed by atoms with van der Waals surface area (Å²) < 4.78 is 1.80. The fourth-order valence-corrected chi connectivity index (χ4v) is 3.99. The number of nitrogens with zero attached hydrogens (tertiary/aromatic N) is 4. The van der Waals surface area contributed by atoms with E-state index in [4.69, 9.17) is 0 Å². The van der Waals surface area contributed by atoms with Crippen LogP contribution in [0.5, 0.6) is 0 Å². The van der Waals surface area contributed by atoms with Crippen molar-refractivity contribution in [1.82, 2.24) is 19.6 Å². The molecule has 3 aliphatic rings. The van der Waals surface area contributed by atoms with Crippen molar-refractivity contribution in [1.29, 1.82) is 0 Å². The second-order valence-electron chi connectivity index (χ2n) is 7.19. The summed E-state index contributed by atoms with van der Waals surface area (Å²) in [5, 5.41) is 4.35. The molecule has 1 aromatic carbocycles. The van der Waals surface area contributed by atoms with E-state index in [9.17, 15) is 9.59 Å². The van der Waals surface area contributed by atoms with Gasteiger partial charge in [-0.3, -0.25) is 9.59 Å². The molecule has 0 spiro atoms. The normalized spacial score (nSPS) is 22.1. The molecule has 5 rings (SSSR count). The predicted molar refractivity (Wildman–Crippen MR) is 91.1 cm³/mol. The second kappa shape index (κ2) is 5.44. The molecule has 2 fully saturated rings. The molecule has 2 aromatic rings. The summed E-state index contributed by atoms with van der Waals surface area (Å²) in [6, 6.07) is 10.2. The van der Waals surface area contributed by atoms with E-state index in [0.29, 0.717) is 24.1 Å². The zero-order valence-corrected chi connectivity index (χ0v) is 14.0. The van der Waals surface area contributed by atoms with Crippen LogP contribution in [0.2, 0.25) is 0 Å². The highest BCUT2D eigenvalue weighted by Crippen LogP contribution is 2.41. The van der Waals surface area contributed by atoms with Gasteiger partial charge in [-0.15, -0.1) is 0 Å². The van der Waals surface area contributed by atoms with Crippen LogP contribution in [-0.4, -0.2) is 50.5 Å². The Kier molecular flexibility index (Phi) is 3.20. The standard InChI is InChI=1S/C19H20N4O2/c24-18(22-9-8-16(22)13-6-7-13)12-21-11-17-15(19(21)25)10-20-23(17)14-4-2-1-3-5-14/h1-5,10,13,16H,6-9,11-12H2/t16-/m0/s1. The van der Waals surface area contributed by atoms with Crippen molar-refractivity contribution in [3.8, 4) is 5.69 Å². The number of carbonyl (C=O) groups excluding carboxylic acids is 2. The molecule has 0 N–H and O–H groups in total. The topological polar surface area (TPSA) is 58.4 Å². The summed E-state index contributed by atoms with van der Waals surface area (Å²) in [5.74, 6) is 0.700. The Morgan fingerprint density at radius 3 is 2.64 bits per heavy atom. The van der Waals surface area contributed by atoms with Gasteiger partial charge in [0.25, 0.3) is 5.91 Å². The first-order valence-corrected chi connectivity index (χ1v) is 8.93. The number of likely N-dealkylation sites (tertiary alicyclic amines) is 1. The summed E-state index contributed by atoms with van der Waals surface area (Å²) in [4.78, 5) is 28.9. The second-order valence-corrected chi connectivity index (χ2v) is 7.19. The molecule has 25 heavy (non-hydrogen) atoms. The van der Waals surface area contributed by atoms with Crippen LogP contribution in [0.25, 0.3) is 5.69 Å². The van der Waals surface area contributed by atoms with E-state index in [-0.39, 0.29) is 18.4 Å². The Hall–Kier alpha value is -2.63. The average molecular weight is 336 g/mol. The van der Waals surface area contributed by atoms with Gasteiger partial charge in [-0.25, -0.2) is 4.68 Å². The Balaban J connectivity index is 1.32. The smallest absolute Gasteiger partial charge is 0.258 e. The third-order valence-electron chi connectivity index (χ3n) is 5.61. The first-order valence-electron chi connectivity index (χ1n) is 8.93. The van der Waals surface area contributed by atoms with E-state index in [2.05, 4.69) is 5.10 Å². The van der Waals surface area contributed by atoms with Crippen molar-refractivity contribution >= 4 is 11.8 Å². The van der Waals surface area contributed by atoms with Gasteiger partial charge in [-0.1, -0.05) is 18.2 Å². The lowest BCUT2D eigenvalue weighted by molar-refractivity contribution is -0.140. The third-order valence-corrected chi connectivity index (χ3v) is 5.61. The molecule has 0 radical (unpaired) electrons. The SMILES string of the molecule is O=C1c2cnn(-c3ccccc3)c2CN1CC(=O)N1CC[C@H]1C1CC1. The third kappa shape index (κ3) is 2.35. The van der Waals surface area contributed by atoms with Gasteiger partial charge in [-0.2, -0.15) is 5.10 Å². The molecule has 1 atom stereocenters. The lowest BCUT2D eigenvalue weighted by Gasteiger charge is -2.42. The maximum Gasteiger partial charge on any atom is 0.258 e. The van der Waals surface area contributed by atoms with Crippen LogP contribution >= 0.6 is 0 Å². The minimum atomic E-state index is -0.0889. The largest absolute Gasteiger partial charge is 0.338 e. The Morgan fingerprint density at radius 2 is 1.96 bits per heavy atom. The lowest BCUT2D eigenvalue weighted by Crippen LogP contribution is -2.55. The van der Waals surface area contributed by atoms with Crippen molar-refractivity contribution in [2.75, 3.05) is 13.1 Å².